The molecular weight excluding hydrogens is 504 g/mol. The highest BCUT2D eigenvalue weighted by Gasteiger charge is 2.28. The Morgan fingerprint density at radius 3 is 2.42 bits per heavy atom. The molecule has 0 unspecified atom stereocenters. The van der Waals surface area contributed by atoms with E-state index >= 15 is 0 Å². The molecule has 0 N–H and O–H groups in total. The molecule has 1 fully saturated rings. The molecule has 0 saturated carbocycles. The van der Waals surface area contributed by atoms with Crippen molar-refractivity contribution in [3.8, 4) is 17.1 Å². The van der Waals surface area contributed by atoms with Gasteiger partial charge in [0.05, 0.1) is 18.6 Å². The monoisotopic (exact) mass is 540 g/mol. The molecule has 4 rings (SSSR count). The van der Waals surface area contributed by atoms with Crippen LogP contribution in [0.25, 0.3) is 11.4 Å². The third-order valence-corrected chi connectivity index (χ3v) is 8.73. The number of aryl methyl sites for hydroxylation is 1. The maximum atomic E-state index is 13.0. The van der Waals surface area contributed by atoms with Crippen LogP contribution in [-0.4, -0.2) is 60.9 Å². The Labute approximate surface area is 224 Å². The maximum Gasteiger partial charge on any atom is 0.246 e. The Bertz CT molecular complexity index is 1370. The molecule has 0 aliphatic carbocycles. The van der Waals surface area contributed by atoms with Crippen LogP contribution in [0.4, 0.5) is 0 Å². The van der Waals surface area contributed by atoms with Crippen molar-refractivity contribution < 1.29 is 22.5 Å². The first-order chi connectivity index (χ1) is 18.0. The molecule has 2 aromatic carbocycles. The predicted octanol–water partition coefficient (Wildman–Crippen LogP) is 4.42. The number of methoxy groups -OCH3 is 1. The highest BCUT2D eigenvalue weighted by molar-refractivity contribution is 7.89. The molecular formula is C28H36N4O5S. The number of aromatic nitrogens is 2. The molecule has 1 aromatic heterocycles. The fraction of sp³-hybridized carbons (Fsp3) is 0.464. The van der Waals surface area contributed by atoms with E-state index in [1.54, 1.807) is 25.2 Å². The number of ether oxygens (including phenoxy) is 1. The molecule has 0 radical (unpaired) electrons. The third kappa shape index (κ3) is 6.24. The van der Waals surface area contributed by atoms with Crippen LogP contribution in [0.15, 0.2) is 51.9 Å². The molecule has 38 heavy (non-hydrogen) atoms. The molecule has 1 aliphatic rings. The Morgan fingerprint density at radius 2 is 1.79 bits per heavy atom. The van der Waals surface area contributed by atoms with Crippen LogP contribution >= 0.6 is 0 Å². The topological polar surface area (TPSA) is 106 Å². The number of carbonyl (C=O) groups is 1. The molecule has 0 bridgehead atoms. The number of nitrogens with zero attached hydrogens (tertiary/aromatic N) is 4. The highest BCUT2D eigenvalue weighted by atomic mass is 32.2. The van der Waals surface area contributed by atoms with E-state index in [1.807, 2.05) is 12.1 Å². The average molecular weight is 541 g/mol. The lowest BCUT2D eigenvalue weighted by atomic mass is 9.87. The van der Waals surface area contributed by atoms with Gasteiger partial charge in [-0.3, -0.25) is 4.79 Å². The Morgan fingerprint density at radius 1 is 1.11 bits per heavy atom. The largest absolute Gasteiger partial charge is 0.496 e. The lowest BCUT2D eigenvalue weighted by Crippen LogP contribution is -2.28. The normalized spacial score (nSPS) is 14.6. The summed E-state index contributed by atoms with van der Waals surface area (Å²) in [6, 6.07) is 12.9. The molecule has 0 spiro atoms. The minimum atomic E-state index is -3.56. The average Bonchev–Trinajstić information content (AvgIpc) is 3.60. The molecule has 0 atom stereocenters. The van der Waals surface area contributed by atoms with Gasteiger partial charge in [0.15, 0.2) is 0 Å². The second-order valence-electron chi connectivity index (χ2n) is 10.7. The number of sulfonamides is 1. The second kappa shape index (κ2) is 11.2. The molecule has 1 amide bonds. The molecule has 9 nitrogen and oxygen atoms in total. The Hall–Kier alpha value is -3.24. The second-order valence-corrected chi connectivity index (χ2v) is 12.6. The van der Waals surface area contributed by atoms with Gasteiger partial charge in [-0.15, -0.1) is 0 Å². The number of rotatable bonds is 9. The molecule has 2 heterocycles. The number of carbonyl (C=O) groups excluding carboxylic acids is 1. The van der Waals surface area contributed by atoms with Crippen molar-refractivity contribution in [2.45, 2.75) is 63.3 Å². The van der Waals surface area contributed by atoms with E-state index in [0.29, 0.717) is 42.5 Å². The summed E-state index contributed by atoms with van der Waals surface area (Å²) in [5.74, 6) is 1.24. The summed E-state index contributed by atoms with van der Waals surface area (Å²) < 4.78 is 38.3. The zero-order chi connectivity index (χ0) is 27.5. The van der Waals surface area contributed by atoms with Gasteiger partial charge in [-0.2, -0.15) is 9.29 Å². The van der Waals surface area contributed by atoms with Gasteiger partial charge >= 0.3 is 0 Å². The quantitative estimate of drug-likeness (QED) is 0.396. The lowest BCUT2D eigenvalue weighted by molar-refractivity contribution is -0.130. The number of benzene rings is 2. The van der Waals surface area contributed by atoms with Crippen molar-refractivity contribution in [1.29, 1.82) is 0 Å². The number of hydrogen-bond donors (Lipinski definition) is 0. The smallest absolute Gasteiger partial charge is 0.246 e. The molecule has 204 valence electrons. The maximum absolute atomic E-state index is 13.0. The van der Waals surface area contributed by atoms with E-state index in [1.165, 1.54) is 21.9 Å². The first-order valence-electron chi connectivity index (χ1n) is 12.8. The van der Waals surface area contributed by atoms with E-state index in [-0.39, 0.29) is 29.2 Å². The van der Waals surface area contributed by atoms with Gasteiger partial charge in [0.2, 0.25) is 27.6 Å². The van der Waals surface area contributed by atoms with Crippen molar-refractivity contribution >= 4 is 15.9 Å². The van der Waals surface area contributed by atoms with Gasteiger partial charge in [-0.1, -0.05) is 50.2 Å². The zero-order valence-electron chi connectivity index (χ0n) is 22.7. The van der Waals surface area contributed by atoms with Crippen LogP contribution in [0.5, 0.6) is 5.75 Å². The highest BCUT2D eigenvalue weighted by Crippen LogP contribution is 2.28. The van der Waals surface area contributed by atoms with Crippen molar-refractivity contribution in [2.24, 2.45) is 0 Å². The van der Waals surface area contributed by atoms with E-state index in [2.05, 4.69) is 43.0 Å². The summed E-state index contributed by atoms with van der Waals surface area (Å²) in [6.07, 6.45) is 2.25. The summed E-state index contributed by atoms with van der Waals surface area (Å²) in [6.45, 7) is 7.71. The van der Waals surface area contributed by atoms with E-state index in [9.17, 15) is 13.2 Å². The van der Waals surface area contributed by atoms with Gasteiger partial charge in [0.1, 0.15) is 5.75 Å². The minimum absolute atomic E-state index is 0.0531. The molecule has 1 saturated heterocycles. The van der Waals surface area contributed by atoms with Crippen molar-refractivity contribution in [3.05, 3.63) is 59.5 Å². The van der Waals surface area contributed by atoms with E-state index in [0.717, 1.165) is 18.4 Å². The summed E-state index contributed by atoms with van der Waals surface area (Å²) in [7, 11) is -0.348. The minimum Gasteiger partial charge on any atom is -0.496 e. The molecule has 1 aliphatic heterocycles. The summed E-state index contributed by atoms with van der Waals surface area (Å²) in [4.78, 5) is 19.1. The first-order valence-corrected chi connectivity index (χ1v) is 14.3. The summed E-state index contributed by atoms with van der Waals surface area (Å²) in [5, 5.41) is 4.07. The van der Waals surface area contributed by atoms with Gasteiger partial charge in [0, 0.05) is 32.1 Å². The SMILES string of the molecule is COc1ccc(S(=O)(=O)N2CCCC2)cc1CCC(=O)N(C)Cc1nc(-c2ccc(C(C)(C)C)cc2)no1. The Balaban J connectivity index is 1.39. The van der Waals surface area contributed by atoms with Crippen molar-refractivity contribution in [1.82, 2.24) is 19.3 Å². The first kappa shape index (κ1) is 27.8. The summed E-state index contributed by atoms with van der Waals surface area (Å²) >= 11 is 0. The summed E-state index contributed by atoms with van der Waals surface area (Å²) in [5.41, 5.74) is 2.79. The molecule has 3 aromatic rings. The van der Waals surface area contributed by atoms with Gasteiger partial charge < -0.3 is 14.2 Å². The van der Waals surface area contributed by atoms with Crippen LogP contribution in [0.2, 0.25) is 0 Å². The van der Waals surface area contributed by atoms with Crippen LogP contribution in [0.1, 0.15) is 57.1 Å². The fourth-order valence-corrected chi connectivity index (χ4v) is 6.04. The van der Waals surface area contributed by atoms with Gasteiger partial charge in [-0.05, 0) is 54.0 Å². The zero-order valence-corrected chi connectivity index (χ0v) is 23.5. The Kier molecular flexibility index (Phi) is 8.22. The molecule has 10 heteroatoms. The standard InChI is InChI=1S/C28H36N4O5S/c1-28(2,3)22-11-8-20(9-12-22)27-29-25(37-30-27)19-31(4)26(33)15-10-21-18-23(13-14-24(21)36-5)38(34,35)32-16-6-7-17-32/h8-9,11-14,18H,6-7,10,15-17,19H2,1-5H3. The van der Waals surface area contributed by atoms with Crippen LogP contribution in [0, 0.1) is 0 Å². The van der Waals surface area contributed by atoms with Crippen molar-refractivity contribution in [2.75, 3.05) is 27.2 Å². The number of hydrogen-bond acceptors (Lipinski definition) is 7. The van der Waals surface area contributed by atoms with E-state index < -0.39 is 10.0 Å². The predicted molar refractivity (Wildman–Crippen MR) is 144 cm³/mol. The van der Waals surface area contributed by atoms with Crippen molar-refractivity contribution in [3.63, 3.8) is 0 Å². The van der Waals surface area contributed by atoms with Gasteiger partial charge in [-0.25, -0.2) is 8.42 Å². The third-order valence-electron chi connectivity index (χ3n) is 6.84. The number of amides is 1. The lowest BCUT2D eigenvalue weighted by Gasteiger charge is -2.18. The van der Waals surface area contributed by atoms with Crippen LogP contribution in [-0.2, 0) is 33.2 Å². The fourth-order valence-electron chi connectivity index (χ4n) is 4.47. The van der Waals surface area contributed by atoms with Crippen LogP contribution in [0.3, 0.4) is 0 Å². The van der Waals surface area contributed by atoms with Gasteiger partial charge in [0.25, 0.3) is 0 Å². The van der Waals surface area contributed by atoms with Crippen LogP contribution < -0.4 is 4.74 Å². The van der Waals surface area contributed by atoms with E-state index in [4.69, 9.17) is 9.26 Å².